The van der Waals surface area contributed by atoms with E-state index in [-0.39, 0.29) is 87.8 Å². The van der Waals surface area contributed by atoms with Gasteiger partial charge in [0, 0.05) is 92.3 Å². The average Bonchev–Trinajstić information content (AvgIpc) is 1.70. The van der Waals surface area contributed by atoms with Gasteiger partial charge in [-0.15, -0.1) is 11.6 Å². The number of hydrogen-bond acceptors (Lipinski definition) is 15. The molecule has 0 fully saturated rings. The number of hydrogen-bond donors (Lipinski definition) is 8. The number of H-pyrrole nitrogens is 1. The van der Waals surface area contributed by atoms with E-state index in [1.54, 1.807) is 61.2 Å². The van der Waals surface area contributed by atoms with Gasteiger partial charge in [-0.3, -0.25) is 33.7 Å². The Bertz CT molecular complexity index is 3650. The number of nitrogens with zero attached hydrogens (tertiary/aromatic N) is 5. The van der Waals surface area contributed by atoms with Gasteiger partial charge < -0.3 is 71.3 Å². The van der Waals surface area contributed by atoms with Crippen LogP contribution in [0.4, 0.5) is 36.2 Å². The largest absolute Gasteiger partial charge is 0.508 e. The number of halogens is 1. The fourth-order valence-corrected chi connectivity index (χ4v) is 9.96. The number of nitrogens with one attached hydrogen (secondary N) is 6. The number of aromatic nitrogens is 2. The number of fused-ring (bicyclic) bond motifs is 4. The fraction of sp³-hybridized carbons (Fsp3) is 0.317. The number of primary amides is 1. The number of phenols is 1. The summed E-state index contributed by atoms with van der Waals surface area (Å²) in [7, 11) is 3.02. The number of aryl methyl sites for hydroxylation is 1. The standard InChI is InChI=1S/C60H65ClN12O14/c1-33(2)51(69-58(82)85-25-24-72-47(75)19-20-48(72)76)55(79)68-43(10-7-21-63-57(62)81)54(78)65-39-15-11-35(12-16-39)32-86-59(83)70(4)22-23-71(5)60(84)87-46-28-45-50(49-34(3)8-6-9-42(46)49)38(29-61)31-73(45)56(80)44-27-37-26-40(30-64-52(37)67-44)66-53(77)36-13-17-41(74)18-14-36/h6,8-9,11-20,26-28,30,33,38,43,51,74H,7,10,21-25,29,31-32H2,1-5H3,(H,64,67)(H,65,78)(H,66,77)(H,68,79)(H,69,82)(H3,62,63,81)/t38-,43+,51+/m1/s1. The smallest absolute Gasteiger partial charge is 0.415 e. The number of likely N-dealkylation sites (N-methyl/N-ethyl adjacent to an activating group) is 2. The number of amides is 11. The molecule has 0 aliphatic carbocycles. The Balaban J connectivity index is 0.844. The Morgan fingerprint density at radius 1 is 0.851 bits per heavy atom. The number of anilines is 3. The summed E-state index contributed by atoms with van der Waals surface area (Å²) in [4.78, 5) is 142. The summed E-state index contributed by atoms with van der Waals surface area (Å²) >= 11 is 6.60. The molecule has 27 heteroatoms. The quantitative estimate of drug-likeness (QED) is 0.0201. The molecule has 87 heavy (non-hydrogen) atoms. The lowest BCUT2D eigenvalue weighted by Crippen LogP contribution is -2.54. The monoisotopic (exact) mass is 1210 g/mol. The highest BCUT2D eigenvalue weighted by Crippen LogP contribution is 2.47. The molecule has 4 aromatic carbocycles. The van der Waals surface area contributed by atoms with Crippen molar-refractivity contribution < 1.29 is 67.3 Å². The van der Waals surface area contributed by atoms with Crippen molar-refractivity contribution in [2.75, 3.05) is 74.8 Å². The van der Waals surface area contributed by atoms with Gasteiger partial charge in [0.2, 0.25) is 11.8 Å². The van der Waals surface area contributed by atoms with E-state index >= 15 is 0 Å². The van der Waals surface area contributed by atoms with E-state index in [4.69, 9.17) is 31.5 Å². The molecular formula is C60H65ClN12O14. The highest BCUT2D eigenvalue weighted by molar-refractivity contribution is 6.19. The van der Waals surface area contributed by atoms with Crippen LogP contribution in [0.2, 0.25) is 0 Å². The first-order chi connectivity index (χ1) is 41.6. The van der Waals surface area contributed by atoms with E-state index in [9.17, 15) is 53.1 Å². The number of pyridine rings is 1. The Kier molecular flexibility index (Phi) is 20.3. The van der Waals surface area contributed by atoms with Gasteiger partial charge in [0.15, 0.2) is 0 Å². The van der Waals surface area contributed by atoms with Crippen LogP contribution in [0.25, 0.3) is 21.8 Å². The molecule has 6 aromatic rings. The van der Waals surface area contributed by atoms with Crippen molar-refractivity contribution in [1.82, 2.24) is 40.6 Å². The van der Waals surface area contributed by atoms with Crippen LogP contribution in [0.5, 0.6) is 11.5 Å². The highest BCUT2D eigenvalue weighted by Gasteiger charge is 2.37. The molecule has 0 unspecified atom stereocenters. The van der Waals surface area contributed by atoms with Crippen LogP contribution < -0.4 is 42.0 Å². The lowest BCUT2D eigenvalue weighted by molar-refractivity contribution is -0.137. The molecule has 0 radical (unpaired) electrons. The Labute approximate surface area is 503 Å². The zero-order valence-corrected chi connectivity index (χ0v) is 48.9. The van der Waals surface area contributed by atoms with Crippen LogP contribution >= 0.6 is 11.6 Å². The summed E-state index contributed by atoms with van der Waals surface area (Å²) in [5.74, 6) is -3.59. The third-order valence-corrected chi connectivity index (χ3v) is 14.8. The SMILES string of the molecule is Cc1cccc2c(OC(=O)N(C)CCN(C)C(=O)OCc3ccc(NC(=O)[C@H](CCCNC(N)=O)NC(=O)[C@@H](NC(=O)OCCN4C(=O)C=CC4=O)C(C)C)cc3)cc3c(c12)[C@H](CCl)CN3C(=O)c1cc2cc(NC(=O)c3ccc(O)cc3)cnc2[nH]1. The van der Waals surface area contributed by atoms with Crippen molar-refractivity contribution in [3.63, 3.8) is 0 Å². The maximum Gasteiger partial charge on any atom is 0.415 e. The van der Waals surface area contributed by atoms with Crippen LogP contribution in [-0.2, 0) is 35.3 Å². The first-order valence-corrected chi connectivity index (χ1v) is 28.2. The first kappa shape index (κ1) is 62.8. The molecular weight excluding hydrogens is 1150 g/mol. The van der Waals surface area contributed by atoms with Crippen molar-refractivity contribution in [3.8, 4) is 11.5 Å². The van der Waals surface area contributed by atoms with E-state index in [0.717, 1.165) is 33.6 Å². The van der Waals surface area contributed by atoms with Gasteiger partial charge in [0.1, 0.15) is 48.1 Å². The van der Waals surface area contributed by atoms with E-state index in [2.05, 4.69) is 36.6 Å². The summed E-state index contributed by atoms with van der Waals surface area (Å²) in [6.45, 7) is 4.96. The number of aromatic hydroxyl groups is 1. The third-order valence-electron chi connectivity index (χ3n) is 14.4. The molecule has 3 atom stereocenters. The number of benzene rings is 4. The summed E-state index contributed by atoms with van der Waals surface area (Å²) in [6, 6.07) is 19.6. The maximum atomic E-state index is 14.5. The number of alkyl carbamates (subject to hydrolysis) is 1. The fourth-order valence-electron chi connectivity index (χ4n) is 9.70. The lowest BCUT2D eigenvalue weighted by Gasteiger charge is -2.25. The van der Waals surface area contributed by atoms with E-state index < -0.39 is 77.8 Å². The predicted octanol–water partition coefficient (Wildman–Crippen LogP) is 6.21. The molecule has 0 saturated carbocycles. The molecule has 4 heterocycles. The zero-order chi connectivity index (χ0) is 62.6. The molecule has 0 bridgehead atoms. The number of imide groups is 1. The highest BCUT2D eigenvalue weighted by atomic mass is 35.5. The number of carbonyl (C=O) groups is 10. The van der Waals surface area contributed by atoms with Crippen molar-refractivity contribution >= 4 is 110 Å². The molecule has 2 aliphatic rings. The topological polar surface area (TPSA) is 346 Å². The van der Waals surface area contributed by atoms with E-state index in [1.807, 2.05) is 25.1 Å². The number of alkyl halides is 1. The number of ether oxygens (including phenoxy) is 3. The van der Waals surface area contributed by atoms with Gasteiger partial charge in [0.25, 0.3) is 23.6 Å². The minimum atomic E-state index is -1.17. The molecule has 456 valence electrons. The number of nitrogens with two attached hydrogens (primary N) is 1. The zero-order valence-electron chi connectivity index (χ0n) is 48.1. The van der Waals surface area contributed by atoms with Crippen molar-refractivity contribution in [3.05, 3.63) is 131 Å². The summed E-state index contributed by atoms with van der Waals surface area (Å²) in [6.07, 6.45) is 1.50. The molecule has 8 rings (SSSR count). The minimum absolute atomic E-state index is 0.0242. The summed E-state index contributed by atoms with van der Waals surface area (Å²) < 4.78 is 16.7. The van der Waals surface area contributed by atoms with Crippen LogP contribution in [0.15, 0.2) is 103 Å². The predicted molar refractivity (Wildman–Crippen MR) is 320 cm³/mol. The van der Waals surface area contributed by atoms with Crippen molar-refractivity contribution in [2.45, 2.75) is 58.2 Å². The average molecular weight is 1210 g/mol. The van der Waals surface area contributed by atoms with Crippen molar-refractivity contribution in [1.29, 1.82) is 0 Å². The second-order valence-corrected chi connectivity index (χ2v) is 21.3. The molecule has 9 N–H and O–H groups in total. The van der Waals surface area contributed by atoms with Crippen LogP contribution in [0, 0.1) is 12.8 Å². The van der Waals surface area contributed by atoms with Gasteiger partial charge in [-0.25, -0.2) is 24.2 Å². The molecule has 2 aliphatic heterocycles. The van der Waals surface area contributed by atoms with Crippen LogP contribution in [0.1, 0.15) is 70.1 Å². The van der Waals surface area contributed by atoms with E-state index in [1.165, 1.54) is 54.4 Å². The summed E-state index contributed by atoms with van der Waals surface area (Å²) in [5.41, 5.74) is 9.62. The lowest BCUT2D eigenvalue weighted by atomic mass is 9.92. The molecule has 0 spiro atoms. The Morgan fingerprint density at radius 3 is 2.23 bits per heavy atom. The van der Waals surface area contributed by atoms with Crippen LogP contribution in [-0.4, -0.2) is 161 Å². The second kappa shape index (κ2) is 28.1. The van der Waals surface area contributed by atoms with E-state index in [0.29, 0.717) is 44.6 Å². The van der Waals surface area contributed by atoms with Gasteiger partial charge >= 0.3 is 24.3 Å². The van der Waals surface area contributed by atoms with Gasteiger partial charge in [0.05, 0.1) is 24.1 Å². The number of urea groups is 1. The van der Waals surface area contributed by atoms with Crippen molar-refractivity contribution in [2.24, 2.45) is 11.7 Å². The Morgan fingerprint density at radius 2 is 1.55 bits per heavy atom. The minimum Gasteiger partial charge on any atom is -0.508 e. The van der Waals surface area contributed by atoms with Crippen LogP contribution in [0.3, 0.4) is 0 Å². The first-order valence-electron chi connectivity index (χ1n) is 27.6. The Hall–Kier alpha value is -10.2. The number of rotatable bonds is 23. The number of carbonyl (C=O) groups excluding carboxylic acids is 10. The molecule has 2 aromatic heterocycles. The summed E-state index contributed by atoms with van der Waals surface area (Å²) in [5, 5.41) is 24.7. The second-order valence-electron chi connectivity index (χ2n) is 21.0. The molecule has 26 nitrogen and oxygen atoms in total. The third kappa shape index (κ3) is 15.6. The maximum absolute atomic E-state index is 14.5. The van der Waals surface area contributed by atoms with Gasteiger partial charge in [-0.1, -0.05) is 44.2 Å². The van der Waals surface area contributed by atoms with Gasteiger partial charge in [-0.2, -0.15) is 0 Å². The molecule has 11 amide bonds. The molecule has 0 saturated heterocycles. The number of aromatic amines is 1. The number of phenolic OH excluding ortho intramolecular Hbond substituents is 1. The van der Waals surface area contributed by atoms with Gasteiger partial charge in [-0.05, 0) is 96.3 Å². The normalized spacial score (nSPS) is 14.1.